The van der Waals surface area contributed by atoms with Gasteiger partial charge in [-0.15, -0.1) is 11.6 Å². The van der Waals surface area contributed by atoms with Gasteiger partial charge in [0.2, 0.25) is 0 Å². The normalized spacial score (nSPS) is 9.83. The summed E-state index contributed by atoms with van der Waals surface area (Å²) >= 11 is 5.74. The van der Waals surface area contributed by atoms with Crippen LogP contribution in [0.3, 0.4) is 0 Å². The fourth-order valence-corrected chi connectivity index (χ4v) is 1.71. The van der Waals surface area contributed by atoms with Crippen molar-refractivity contribution in [1.82, 2.24) is 0 Å². The summed E-state index contributed by atoms with van der Waals surface area (Å²) in [5, 5.41) is 5.50. The largest absolute Gasteiger partial charge is 0.323 e. The highest BCUT2D eigenvalue weighted by Gasteiger charge is 2.02. The second-order valence-corrected chi connectivity index (χ2v) is 4.05. The van der Waals surface area contributed by atoms with E-state index >= 15 is 0 Å². The number of nitrogens with one attached hydrogen (secondary N) is 2. The molecule has 0 saturated carbocycles. The van der Waals surface area contributed by atoms with Crippen molar-refractivity contribution in [3.63, 3.8) is 0 Å². The molecule has 92 valence electrons. The first kappa shape index (κ1) is 12.5. The predicted molar refractivity (Wildman–Crippen MR) is 75.1 cm³/mol. The van der Waals surface area contributed by atoms with Gasteiger partial charge in [0.1, 0.15) is 0 Å². The van der Waals surface area contributed by atoms with Crippen molar-refractivity contribution < 1.29 is 4.79 Å². The maximum absolute atomic E-state index is 11.7. The molecule has 0 heterocycles. The standard InChI is InChI=1S/C14H13ClN2O/c15-10-11-5-4-8-13(9-11)17-14(18)16-12-6-2-1-3-7-12/h1-9H,10H2,(H2,16,17,18). The molecule has 0 radical (unpaired) electrons. The zero-order valence-electron chi connectivity index (χ0n) is 9.69. The molecule has 2 aromatic rings. The number of anilines is 2. The molecule has 0 aliphatic rings. The van der Waals surface area contributed by atoms with Crippen molar-refractivity contribution >= 4 is 29.0 Å². The number of alkyl halides is 1. The fraction of sp³-hybridized carbons (Fsp3) is 0.0714. The summed E-state index contributed by atoms with van der Waals surface area (Å²) in [5.41, 5.74) is 2.44. The Morgan fingerprint density at radius 3 is 2.33 bits per heavy atom. The Kier molecular flexibility index (Phi) is 4.20. The van der Waals surface area contributed by atoms with Crippen LogP contribution in [0.4, 0.5) is 16.2 Å². The van der Waals surface area contributed by atoms with Gasteiger partial charge in [0.25, 0.3) is 0 Å². The summed E-state index contributed by atoms with van der Waals surface area (Å²) in [7, 11) is 0. The number of carbonyl (C=O) groups excluding carboxylic acids is 1. The molecule has 0 atom stereocenters. The first-order valence-corrected chi connectivity index (χ1v) is 6.09. The maximum atomic E-state index is 11.7. The molecule has 2 aromatic carbocycles. The van der Waals surface area contributed by atoms with Gasteiger partial charge in [0, 0.05) is 17.3 Å². The molecule has 2 rings (SSSR count). The quantitative estimate of drug-likeness (QED) is 0.803. The Hall–Kier alpha value is -2.00. The number of hydrogen-bond acceptors (Lipinski definition) is 1. The second-order valence-electron chi connectivity index (χ2n) is 3.78. The maximum Gasteiger partial charge on any atom is 0.323 e. The number of urea groups is 1. The summed E-state index contributed by atoms with van der Waals surface area (Å²) in [5.74, 6) is 0.426. The zero-order chi connectivity index (χ0) is 12.8. The highest BCUT2D eigenvalue weighted by molar-refractivity contribution is 6.17. The van der Waals surface area contributed by atoms with E-state index in [4.69, 9.17) is 11.6 Å². The van der Waals surface area contributed by atoms with Gasteiger partial charge in [-0.2, -0.15) is 0 Å². The highest BCUT2D eigenvalue weighted by atomic mass is 35.5. The molecule has 0 fully saturated rings. The van der Waals surface area contributed by atoms with E-state index in [0.717, 1.165) is 16.9 Å². The Bertz CT molecular complexity index is 528. The van der Waals surface area contributed by atoms with Gasteiger partial charge in [-0.25, -0.2) is 4.79 Å². The third-order valence-corrected chi connectivity index (χ3v) is 2.68. The van der Waals surface area contributed by atoms with E-state index in [2.05, 4.69) is 10.6 Å². The van der Waals surface area contributed by atoms with Crippen LogP contribution in [0.5, 0.6) is 0 Å². The number of rotatable bonds is 3. The summed E-state index contributed by atoms with van der Waals surface area (Å²) < 4.78 is 0. The third kappa shape index (κ3) is 3.50. The topological polar surface area (TPSA) is 41.1 Å². The lowest BCUT2D eigenvalue weighted by Gasteiger charge is -2.08. The molecule has 0 aliphatic heterocycles. The molecule has 0 spiro atoms. The number of halogens is 1. The lowest BCUT2D eigenvalue weighted by Crippen LogP contribution is -2.19. The van der Waals surface area contributed by atoms with Crippen LogP contribution in [0.25, 0.3) is 0 Å². The van der Waals surface area contributed by atoms with E-state index in [1.165, 1.54) is 0 Å². The molecule has 2 N–H and O–H groups in total. The minimum Gasteiger partial charge on any atom is -0.308 e. The van der Waals surface area contributed by atoms with Gasteiger partial charge < -0.3 is 10.6 Å². The average Bonchev–Trinajstić information content (AvgIpc) is 2.40. The van der Waals surface area contributed by atoms with Gasteiger partial charge >= 0.3 is 6.03 Å². The van der Waals surface area contributed by atoms with Gasteiger partial charge in [-0.3, -0.25) is 0 Å². The number of amides is 2. The van der Waals surface area contributed by atoms with Crippen LogP contribution in [0.2, 0.25) is 0 Å². The summed E-state index contributed by atoms with van der Waals surface area (Å²) in [4.78, 5) is 11.7. The minimum atomic E-state index is -0.270. The Labute approximate surface area is 111 Å². The summed E-state index contributed by atoms with van der Waals surface area (Å²) in [6.45, 7) is 0. The van der Waals surface area contributed by atoms with Crippen LogP contribution in [-0.2, 0) is 5.88 Å². The predicted octanol–water partition coefficient (Wildman–Crippen LogP) is 4.07. The van der Waals surface area contributed by atoms with E-state index in [-0.39, 0.29) is 6.03 Å². The van der Waals surface area contributed by atoms with E-state index in [1.807, 2.05) is 54.6 Å². The Morgan fingerprint density at radius 1 is 0.944 bits per heavy atom. The highest BCUT2D eigenvalue weighted by Crippen LogP contribution is 2.13. The molecular weight excluding hydrogens is 248 g/mol. The third-order valence-electron chi connectivity index (χ3n) is 2.37. The first-order valence-electron chi connectivity index (χ1n) is 5.56. The number of hydrogen-bond donors (Lipinski definition) is 2. The van der Waals surface area contributed by atoms with Crippen LogP contribution in [-0.4, -0.2) is 6.03 Å². The van der Waals surface area contributed by atoms with Crippen molar-refractivity contribution in [1.29, 1.82) is 0 Å². The molecule has 2 amide bonds. The Balaban J connectivity index is 1.99. The SMILES string of the molecule is O=C(Nc1ccccc1)Nc1cccc(CCl)c1. The lowest BCUT2D eigenvalue weighted by molar-refractivity contribution is 0.262. The van der Waals surface area contributed by atoms with Gasteiger partial charge in [-0.05, 0) is 29.8 Å². The van der Waals surface area contributed by atoms with Gasteiger partial charge in [0.05, 0.1) is 0 Å². The summed E-state index contributed by atoms with van der Waals surface area (Å²) in [6.07, 6.45) is 0. The van der Waals surface area contributed by atoms with Crippen molar-refractivity contribution in [3.8, 4) is 0 Å². The number of para-hydroxylation sites is 1. The minimum absolute atomic E-state index is 0.270. The molecule has 4 heteroatoms. The van der Waals surface area contributed by atoms with Crippen LogP contribution in [0.1, 0.15) is 5.56 Å². The van der Waals surface area contributed by atoms with Gasteiger partial charge in [-0.1, -0.05) is 30.3 Å². The van der Waals surface area contributed by atoms with Crippen LogP contribution >= 0.6 is 11.6 Å². The monoisotopic (exact) mass is 260 g/mol. The smallest absolute Gasteiger partial charge is 0.308 e. The molecular formula is C14H13ClN2O. The van der Waals surface area contributed by atoms with Crippen molar-refractivity contribution in [2.75, 3.05) is 10.6 Å². The van der Waals surface area contributed by atoms with E-state index in [0.29, 0.717) is 5.88 Å². The van der Waals surface area contributed by atoms with Crippen molar-refractivity contribution in [2.45, 2.75) is 5.88 Å². The lowest BCUT2D eigenvalue weighted by atomic mass is 10.2. The molecule has 0 aliphatic carbocycles. The van der Waals surface area contributed by atoms with E-state index in [1.54, 1.807) is 0 Å². The molecule has 0 saturated heterocycles. The van der Waals surface area contributed by atoms with Gasteiger partial charge in [0.15, 0.2) is 0 Å². The van der Waals surface area contributed by atoms with Crippen LogP contribution in [0, 0.1) is 0 Å². The number of carbonyl (C=O) groups is 1. The Morgan fingerprint density at radius 2 is 1.61 bits per heavy atom. The molecule has 0 bridgehead atoms. The van der Waals surface area contributed by atoms with Crippen molar-refractivity contribution in [3.05, 3.63) is 60.2 Å². The number of benzene rings is 2. The molecule has 0 unspecified atom stereocenters. The zero-order valence-corrected chi connectivity index (χ0v) is 10.4. The fourth-order valence-electron chi connectivity index (χ4n) is 1.55. The van der Waals surface area contributed by atoms with Crippen LogP contribution < -0.4 is 10.6 Å². The first-order chi connectivity index (χ1) is 8.78. The molecule has 18 heavy (non-hydrogen) atoms. The average molecular weight is 261 g/mol. The summed E-state index contributed by atoms with van der Waals surface area (Å²) in [6, 6.07) is 16.4. The molecule has 3 nitrogen and oxygen atoms in total. The molecule has 0 aromatic heterocycles. The van der Waals surface area contributed by atoms with E-state index in [9.17, 15) is 4.79 Å². The van der Waals surface area contributed by atoms with Crippen molar-refractivity contribution in [2.24, 2.45) is 0 Å². The second kappa shape index (κ2) is 6.07. The van der Waals surface area contributed by atoms with E-state index < -0.39 is 0 Å². The van der Waals surface area contributed by atoms with Crippen LogP contribution in [0.15, 0.2) is 54.6 Å².